The maximum absolute atomic E-state index is 13.8. The second-order valence-electron chi connectivity index (χ2n) is 5.40. The Hall–Kier alpha value is -1.09. The van der Waals surface area contributed by atoms with E-state index in [2.05, 4.69) is 19.2 Å². The standard InChI is InChI=1S/C15H22FNO/c1-10(2)13-9-17-7-6-12(13)11-4-5-15(18-3)14(16)8-11/h4-5,8,10,12-13,17H,6-7,9H2,1-3H3. The van der Waals surface area contributed by atoms with Gasteiger partial charge in [-0.1, -0.05) is 19.9 Å². The highest BCUT2D eigenvalue weighted by molar-refractivity contribution is 5.32. The van der Waals surface area contributed by atoms with Crippen LogP contribution in [0.3, 0.4) is 0 Å². The molecule has 1 heterocycles. The van der Waals surface area contributed by atoms with E-state index < -0.39 is 0 Å². The quantitative estimate of drug-likeness (QED) is 0.891. The lowest BCUT2D eigenvalue weighted by Crippen LogP contribution is -2.38. The summed E-state index contributed by atoms with van der Waals surface area (Å²) in [5, 5.41) is 3.43. The van der Waals surface area contributed by atoms with Gasteiger partial charge in [-0.3, -0.25) is 0 Å². The zero-order valence-electron chi connectivity index (χ0n) is 11.4. The number of halogens is 1. The Bertz CT molecular complexity index is 405. The molecule has 2 rings (SSSR count). The van der Waals surface area contributed by atoms with Gasteiger partial charge in [0.2, 0.25) is 0 Å². The van der Waals surface area contributed by atoms with Gasteiger partial charge in [-0.25, -0.2) is 4.39 Å². The van der Waals surface area contributed by atoms with Crippen molar-refractivity contribution in [3.05, 3.63) is 29.6 Å². The van der Waals surface area contributed by atoms with E-state index in [9.17, 15) is 4.39 Å². The van der Waals surface area contributed by atoms with Crippen molar-refractivity contribution in [3.63, 3.8) is 0 Å². The molecule has 0 amide bonds. The molecule has 2 unspecified atom stereocenters. The summed E-state index contributed by atoms with van der Waals surface area (Å²) in [5.41, 5.74) is 1.11. The second kappa shape index (κ2) is 5.70. The zero-order valence-corrected chi connectivity index (χ0v) is 11.4. The molecule has 1 aliphatic heterocycles. The SMILES string of the molecule is COc1ccc(C2CCNCC2C(C)C)cc1F. The number of methoxy groups -OCH3 is 1. The third-order valence-corrected chi connectivity index (χ3v) is 3.99. The molecule has 18 heavy (non-hydrogen) atoms. The number of hydrogen-bond acceptors (Lipinski definition) is 2. The number of nitrogens with one attached hydrogen (secondary N) is 1. The van der Waals surface area contributed by atoms with Gasteiger partial charge in [0, 0.05) is 0 Å². The summed E-state index contributed by atoms with van der Waals surface area (Å²) in [7, 11) is 1.50. The van der Waals surface area contributed by atoms with Gasteiger partial charge < -0.3 is 10.1 Å². The largest absolute Gasteiger partial charge is 0.494 e. The van der Waals surface area contributed by atoms with E-state index in [1.165, 1.54) is 7.11 Å². The van der Waals surface area contributed by atoms with Crippen LogP contribution in [0.1, 0.15) is 31.7 Å². The Morgan fingerprint density at radius 1 is 1.39 bits per heavy atom. The predicted octanol–water partition coefficient (Wildman–Crippen LogP) is 3.18. The van der Waals surface area contributed by atoms with Gasteiger partial charge >= 0.3 is 0 Å². The molecular weight excluding hydrogens is 229 g/mol. The fraction of sp³-hybridized carbons (Fsp3) is 0.600. The van der Waals surface area contributed by atoms with Crippen LogP contribution >= 0.6 is 0 Å². The molecule has 0 bridgehead atoms. The fourth-order valence-corrected chi connectivity index (χ4v) is 2.91. The van der Waals surface area contributed by atoms with Crippen molar-refractivity contribution >= 4 is 0 Å². The van der Waals surface area contributed by atoms with Crippen LogP contribution in [0.4, 0.5) is 4.39 Å². The zero-order chi connectivity index (χ0) is 13.1. The highest BCUT2D eigenvalue weighted by Crippen LogP contribution is 2.36. The van der Waals surface area contributed by atoms with Crippen LogP contribution in [0.5, 0.6) is 5.75 Å². The smallest absolute Gasteiger partial charge is 0.165 e. The van der Waals surface area contributed by atoms with Crippen molar-refractivity contribution < 1.29 is 9.13 Å². The van der Waals surface area contributed by atoms with E-state index in [-0.39, 0.29) is 5.82 Å². The second-order valence-corrected chi connectivity index (χ2v) is 5.40. The molecule has 0 spiro atoms. The van der Waals surface area contributed by atoms with Gasteiger partial charge in [0.1, 0.15) is 0 Å². The summed E-state index contributed by atoms with van der Waals surface area (Å²) in [5.74, 6) is 1.70. The first kappa shape index (κ1) is 13.3. The van der Waals surface area contributed by atoms with Crippen LogP contribution in [-0.4, -0.2) is 20.2 Å². The Morgan fingerprint density at radius 3 is 2.78 bits per heavy atom. The summed E-state index contributed by atoms with van der Waals surface area (Å²) < 4.78 is 18.8. The van der Waals surface area contributed by atoms with E-state index >= 15 is 0 Å². The summed E-state index contributed by atoms with van der Waals surface area (Å²) in [4.78, 5) is 0. The minimum atomic E-state index is -0.254. The lowest BCUT2D eigenvalue weighted by atomic mass is 9.75. The van der Waals surface area contributed by atoms with Crippen LogP contribution < -0.4 is 10.1 Å². The maximum atomic E-state index is 13.8. The first-order valence-corrected chi connectivity index (χ1v) is 6.67. The molecule has 1 N–H and O–H groups in total. The summed E-state index contributed by atoms with van der Waals surface area (Å²) >= 11 is 0. The number of rotatable bonds is 3. The van der Waals surface area contributed by atoms with Crippen molar-refractivity contribution in [3.8, 4) is 5.75 Å². The lowest BCUT2D eigenvalue weighted by molar-refractivity contribution is 0.254. The molecule has 0 radical (unpaired) electrons. The maximum Gasteiger partial charge on any atom is 0.165 e. The topological polar surface area (TPSA) is 21.3 Å². The van der Waals surface area contributed by atoms with E-state index in [0.29, 0.717) is 23.5 Å². The van der Waals surface area contributed by atoms with Gasteiger partial charge in [-0.2, -0.15) is 0 Å². The molecule has 0 aliphatic carbocycles. The van der Waals surface area contributed by atoms with Crippen LogP contribution in [0.15, 0.2) is 18.2 Å². The Labute approximate surface area is 109 Å². The monoisotopic (exact) mass is 251 g/mol. The van der Waals surface area contributed by atoms with Crippen LogP contribution in [0, 0.1) is 17.7 Å². The third kappa shape index (κ3) is 2.66. The average Bonchev–Trinajstić information content (AvgIpc) is 2.38. The van der Waals surface area contributed by atoms with Gasteiger partial charge in [0.05, 0.1) is 7.11 Å². The molecule has 2 atom stereocenters. The number of piperidine rings is 1. The van der Waals surface area contributed by atoms with Crippen molar-refractivity contribution in [2.45, 2.75) is 26.2 Å². The Morgan fingerprint density at radius 2 is 2.17 bits per heavy atom. The van der Waals surface area contributed by atoms with E-state index in [0.717, 1.165) is 25.1 Å². The molecule has 0 saturated carbocycles. The molecule has 0 aromatic heterocycles. The summed E-state index contributed by atoms with van der Waals surface area (Å²) in [6.07, 6.45) is 1.08. The first-order chi connectivity index (χ1) is 8.63. The van der Waals surface area contributed by atoms with Crippen LogP contribution in [-0.2, 0) is 0 Å². The molecule has 3 heteroatoms. The molecule has 1 aliphatic rings. The van der Waals surface area contributed by atoms with Crippen LogP contribution in [0.25, 0.3) is 0 Å². The summed E-state index contributed by atoms with van der Waals surface area (Å²) in [6.45, 7) is 6.52. The molecule has 1 aromatic rings. The minimum Gasteiger partial charge on any atom is -0.494 e. The predicted molar refractivity (Wildman–Crippen MR) is 71.5 cm³/mol. The van der Waals surface area contributed by atoms with Gasteiger partial charge in [-0.15, -0.1) is 0 Å². The molecule has 1 saturated heterocycles. The first-order valence-electron chi connectivity index (χ1n) is 6.67. The van der Waals surface area contributed by atoms with E-state index in [1.54, 1.807) is 12.1 Å². The van der Waals surface area contributed by atoms with E-state index in [1.807, 2.05) is 6.07 Å². The van der Waals surface area contributed by atoms with Crippen LogP contribution in [0.2, 0.25) is 0 Å². The number of benzene rings is 1. The van der Waals surface area contributed by atoms with Gasteiger partial charge in [0.15, 0.2) is 11.6 Å². The normalized spacial score (nSPS) is 24.3. The molecule has 100 valence electrons. The van der Waals surface area contributed by atoms with Gasteiger partial charge in [0.25, 0.3) is 0 Å². The van der Waals surface area contributed by atoms with Crippen molar-refractivity contribution in [2.24, 2.45) is 11.8 Å². The van der Waals surface area contributed by atoms with Crippen molar-refractivity contribution in [2.75, 3.05) is 20.2 Å². The lowest BCUT2D eigenvalue weighted by Gasteiger charge is -2.35. The van der Waals surface area contributed by atoms with E-state index in [4.69, 9.17) is 4.74 Å². The van der Waals surface area contributed by atoms with Crippen molar-refractivity contribution in [1.82, 2.24) is 5.32 Å². The molecule has 1 fully saturated rings. The Kier molecular flexibility index (Phi) is 4.23. The highest BCUT2D eigenvalue weighted by Gasteiger charge is 2.29. The fourth-order valence-electron chi connectivity index (χ4n) is 2.91. The number of hydrogen-bond donors (Lipinski definition) is 1. The summed E-state index contributed by atoms with van der Waals surface area (Å²) in [6, 6.07) is 5.39. The number of ether oxygens (including phenoxy) is 1. The third-order valence-electron chi connectivity index (χ3n) is 3.99. The average molecular weight is 251 g/mol. The molecular formula is C15H22FNO. The Balaban J connectivity index is 2.25. The molecule has 2 nitrogen and oxygen atoms in total. The minimum absolute atomic E-state index is 0.254. The van der Waals surface area contributed by atoms with Gasteiger partial charge in [-0.05, 0) is 55.0 Å². The highest BCUT2D eigenvalue weighted by atomic mass is 19.1. The van der Waals surface area contributed by atoms with Crippen molar-refractivity contribution in [1.29, 1.82) is 0 Å². The molecule has 1 aromatic carbocycles.